The number of nitrogens with zero attached hydrogens (tertiary/aromatic N) is 2. The number of amides is 1. The Morgan fingerprint density at radius 3 is 2.33 bits per heavy atom. The summed E-state index contributed by atoms with van der Waals surface area (Å²) in [4.78, 5) is 18.7. The minimum atomic E-state index is -0.698. The van der Waals surface area contributed by atoms with Gasteiger partial charge in [0.2, 0.25) is 0 Å². The topological polar surface area (TPSA) is 60.9 Å². The highest BCUT2D eigenvalue weighted by Crippen LogP contribution is 2.37. The van der Waals surface area contributed by atoms with Crippen molar-refractivity contribution in [3.05, 3.63) is 17.8 Å². The molecular weight excluding hydrogens is 307 g/mol. The maximum Gasteiger partial charge on any atom is 0.515 e. The largest absolute Gasteiger partial charge is 0.515 e. The van der Waals surface area contributed by atoms with Crippen molar-refractivity contribution in [2.45, 2.75) is 57.8 Å². The van der Waals surface area contributed by atoms with E-state index in [2.05, 4.69) is 4.98 Å². The van der Waals surface area contributed by atoms with Gasteiger partial charge in [0.1, 0.15) is 5.75 Å². The first-order valence-electron chi connectivity index (χ1n) is 8.35. The average Bonchev–Trinajstić information content (AvgIpc) is 3.25. The average molecular weight is 332 g/mol. The van der Waals surface area contributed by atoms with Crippen LogP contribution in [0.2, 0.25) is 0 Å². The molecule has 3 rings (SSSR count). The van der Waals surface area contributed by atoms with Crippen LogP contribution >= 0.6 is 0 Å². The molecule has 1 aliphatic heterocycles. The summed E-state index contributed by atoms with van der Waals surface area (Å²) in [5.41, 5.74) is -0.0885. The van der Waals surface area contributed by atoms with Crippen LogP contribution in [0.3, 0.4) is 0 Å². The molecule has 0 spiro atoms. The fraction of sp³-hybridized carbons (Fsp3) is 0.647. The molecule has 2 fully saturated rings. The van der Waals surface area contributed by atoms with E-state index in [1.807, 2.05) is 27.7 Å². The number of carbonyl (C=O) groups is 1. The van der Waals surface area contributed by atoms with Gasteiger partial charge in [0.15, 0.2) is 0 Å². The standard InChI is InChI=1S/C17H25BN2O4/c1-16(2)17(3,4)24-18(23-16)14-13(15(21)20(5)6)12(9-10-19-14)22-11-7-8-11/h9-11H,7-8H2,1-6H3. The molecular formula is C17H25BN2O4. The van der Waals surface area contributed by atoms with E-state index in [0.29, 0.717) is 16.9 Å². The number of aromatic nitrogens is 1. The van der Waals surface area contributed by atoms with E-state index in [1.165, 1.54) is 4.90 Å². The lowest BCUT2D eigenvalue weighted by atomic mass is 9.80. The second-order valence-electron chi connectivity index (χ2n) is 7.67. The summed E-state index contributed by atoms with van der Waals surface area (Å²) >= 11 is 0. The van der Waals surface area contributed by atoms with Crippen molar-refractivity contribution in [1.82, 2.24) is 9.88 Å². The number of carbonyl (C=O) groups excluding carboxylic acids is 1. The smallest absolute Gasteiger partial charge is 0.489 e. The summed E-state index contributed by atoms with van der Waals surface area (Å²) < 4.78 is 18.1. The van der Waals surface area contributed by atoms with E-state index < -0.39 is 18.3 Å². The van der Waals surface area contributed by atoms with Gasteiger partial charge in [-0.3, -0.25) is 9.78 Å². The molecule has 0 unspecified atom stereocenters. The molecule has 130 valence electrons. The van der Waals surface area contributed by atoms with Crippen molar-refractivity contribution in [1.29, 1.82) is 0 Å². The zero-order valence-electron chi connectivity index (χ0n) is 15.3. The minimum Gasteiger partial charge on any atom is -0.489 e. The van der Waals surface area contributed by atoms with Gasteiger partial charge in [-0.25, -0.2) is 0 Å². The molecule has 1 saturated carbocycles. The molecule has 6 nitrogen and oxygen atoms in total. The Bertz CT molecular complexity index is 640. The van der Waals surface area contributed by atoms with Crippen molar-refractivity contribution in [2.75, 3.05) is 14.1 Å². The molecule has 0 N–H and O–H groups in total. The zero-order valence-corrected chi connectivity index (χ0v) is 15.3. The first-order valence-corrected chi connectivity index (χ1v) is 8.35. The molecule has 2 aliphatic rings. The van der Waals surface area contributed by atoms with E-state index in [0.717, 1.165) is 12.8 Å². The Hall–Kier alpha value is -1.60. The quantitative estimate of drug-likeness (QED) is 0.784. The van der Waals surface area contributed by atoms with Crippen LogP contribution < -0.4 is 10.3 Å². The molecule has 1 saturated heterocycles. The Morgan fingerprint density at radius 1 is 1.25 bits per heavy atom. The summed E-state index contributed by atoms with van der Waals surface area (Å²) in [6.07, 6.45) is 3.87. The third-order valence-corrected chi connectivity index (χ3v) is 4.86. The monoisotopic (exact) mass is 332 g/mol. The number of rotatable bonds is 4. The second kappa shape index (κ2) is 5.74. The molecule has 2 heterocycles. The minimum absolute atomic E-state index is 0.163. The molecule has 1 amide bonds. The lowest BCUT2D eigenvalue weighted by Gasteiger charge is -2.32. The maximum absolute atomic E-state index is 12.8. The molecule has 0 aromatic carbocycles. The van der Waals surface area contributed by atoms with Crippen molar-refractivity contribution < 1.29 is 18.8 Å². The first-order chi connectivity index (χ1) is 11.1. The van der Waals surface area contributed by atoms with Gasteiger partial charge >= 0.3 is 7.12 Å². The number of ether oxygens (including phenoxy) is 1. The van der Waals surface area contributed by atoms with Crippen molar-refractivity contribution in [3.8, 4) is 5.75 Å². The Kier molecular flexibility index (Phi) is 4.12. The predicted octanol–water partition coefficient (Wildman–Crippen LogP) is 1.62. The van der Waals surface area contributed by atoms with Crippen LogP contribution in [-0.2, 0) is 9.31 Å². The summed E-state index contributed by atoms with van der Waals surface area (Å²) in [5.74, 6) is 0.388. The van der Waals surface area contributed by atoms with Gasteiger partial charge in [0, 0.05) is 20.3 Å². The van der Waals surface area contributed by atoms with Gasteiger partial charge in [0.25, 0.3) is 5.91 Å². The van der Waals surface area contributed by atoms with Gasteiger partial charge < -0.3 is 18.9 Å². The molecule has 1 aromatic heterocycles. The van der Waals surface area contributed by atoms with Gasteiger partial charge in [-0.2, -0.15) is 0 Å². The van der Waals surface area contributed by atoms with Crippen LogP contribution in [0, 0.1) is 0 Å². The van der Waals surface area contributed by atoms with E-state index in [-0.39, 0.29) is 12.0 Å². The van der Waals surface area contributed by atoms with Crippen LogP contribution in [0.15, 0.2) is 12.3 Å². The normalized spacial score (nSPS) is 21.7. The van der Waals surface area contributed by atoms with Crippen LogP contribution in [-0.4, -0.2) is 54.3 Å². The van der Waals surface area contributed by atoms with Crippen molar-refractivity contribution >= 4 is 18.6 Å². The first kappa shape index (κ1) is 17.2. The van der Waals surface area contributed by atoms with Gasteiger partial charge in [-0.15, -0.1) is 0 Å². The van der Waals surface area contributed by atoms with E-state index in [1.54, 1.807) is 26.4 Å². The molecule has 7 heteroatoms. The Labute approximate surface area is 143 Å². The predicted molar refractivity (Wildman–Crippen MR) is 91.6 cm³/mol. The van der Waals surface area contributed by atoms with Crippen LogP contribution in [0.25, 0.3) is 0 Å². The number of pyridine rings is 1. The number of hydrogen-bond donors (Lipinski definition) is 0. The van der Waals surface area contributed by atoms with Crippen LogP contribution in [0.5, 0.6) is 5.75 Å². The van der Waals surface area contributed by atoms with E-state index >= 15 is 0 Å². The molecule has 0 radical (unpaired) electrons. The van der Waals surface area contributed by atoms with E-state index in [9.17, 15) is 4.79 Å². The summed E-state index contributed by atoms with van der Waals surface area (Å²) in [5, 5.41) is 0. The van der Waals surface area contributed by atoms with Gasteiger partial charge in [0.05, 0.1) is 28.5 Å². The molecule has 1 aromatic rings. The van der Waals surface area contributed by atoms with Crippen molar-refractivity contribution in [3.63, 3.8) is 0 Å². The maximum atomic E-state index is 12.8. The second-order valence-corrected chi connectivity index (χ2v) is 7.67. The Morgan fingerprint density at radius 2 is 1.83 bits per heavy atom. The van der Waals surface area contributed by atoms with E-state index in [4.69, 9.17) is 14.0 Å². The van der Waals surface area contributed by atoms with Gasteiger partial charge in [-0.05, 0) is 46.6 Å². The number of hydrogen-bond acceptors (Lipinski definition) is 5. The fourth-order valence-electron chi connectivity index (χ4n) is 2.49. The fourth-order valence-corrected chi connectivity index (χ4v) is 2.49. The third kappa shape index (κ3) is 3.02. The summed E-state index contributed by atoms with van der Waals surface area (Å²) in [7, 11) is 2.73. The van der Waals surface area contributed by atoms with Crippen molar-refractivity contribution in [2.24, 2.45) is 0 Å². The molecule has 0 atom stereocenters. The lowest BCUT2D eigenvalue weighted by molar-refractivity contribution is 0.00578. The Balaban J connectivity index is 2.02. The lowest BCUT2D eigenvalue weighted by Crippen LogP contribution is -2.42. The van der Waals surface area contributed by atoms with Crippen LogP contribution in [0.1, 0.15) is 50.9 Å². The molecule has 0 bridgehead atoms. The highest BCUT2D eigenvalue weighted by molar-refractivity contribution is 6.62. The zero-order chi connectivity index (χ0) is 17.7. The highest BCUT2D eigenvalue weighted by atomic mass is 16.7. The molecule has 24 heavy (non-hydrogen) atoms. The van der Waals surface area contributed by atoms with Crippen LogP contribution in [0.4, 0.5) is 0 Å². The summed E-state index contributed by atoms with van der Waals surface area (Å²) in [6, 6.07) is 1.74. The summed E-state index contributed by atoms with van der Waals surface area (Å²) in [6.45, 7) is 7.91. The third-order valence-electron chi connectivity index (χ3n) is 4.86. The highest BCUT2D eigenvalue weighted by Gasteiger charge is 2.53. The van der Waals surface area contributed by atoms with Gasteiger partial charge in [-0.1, -0.05) is 0 Å². The SMILES string of the molecule is CN(C)C(=O)c1c(OC2CC2)ccnc1B1OC(C)(C)C(C)(C)O1. The molecule has 1 aliphatic carbocycles.